The Bertz CT molecular complexity index is 1250. The molecule has 2 aromatic rings. The maximum Gasteiger partial charge on any atom is 0.508 e. The fourth-order valence-electron chi connectivity index (χ4n) is 3.53. The molecule has 0 spiro atoms. The van der Waals surface area contributed by atoms with E-state index in [0.717, 1.165) is 22.8 Å². The fraction of sp³-hybridized carbons (Fsp3) is 0.450. The molecule has 1 aromatic carbocycles. The molecule has 0 bridgehead atoms. The monoisotopic (exact) mass is 494 g/mol. The summed E-state index contributed by atoms with van der Waals surface area (Å²) in [4.78, 5) is 58.5. The van der Waals surface area contributed by atoms with Crippen molar-refractivity contribution in [1.82, 2.24) is 9.55 Å². The Balaban J connectivity index is 1.57. The normalized spacial score (nSPS) is 20.3. The number of H-pyrrole nitrogens is 1. The van der Waals surface area contributed by atoms with Crippen LogP contribution in [-0.4, -0.2) is 56.1 Å². The van der Waals surface area contributed by atoms with Gasteiger partial charge in [-0.05, 0) is 6.92 Å². The number of hydrogen-bond donors (Lipinski definition) is 2. The van der Waals surface area contributed by atoms with Gasteiger partial charge in [-0.3, -0.25) is 34.6 Å². The minimum absolute atomic E-state index is 0.00194. The topological polar surface area (TPSA) is 206 Å². The number of carbonyl (C=O) groups is 1. The molecular formula is C20H22N4O11. The van der Waals surface area contributed by atoms with E-state index in [0.29, 0.717) is 0 Å². The van der Waals surface area contributed by atoms with E-state index in [1.54, 1.807) is 0 Å². The minimum atomic E-state index is -1.15. The van der Waals surface area contributed by atoms with E-state index in [1.165, 1.54) is 20.0 Å². The van der Waals surface area contributed by atoms with Gasteiger partial charge in [0.2, 0.25) is 0 Å². The highest BCUT2D eigenvalue weighted by atomic mass is 16.7. The van der Waals surface area contributed by atoms with Gasteiger partial charge in [0.05, 0.1) is 16.0 Å². The number of aromatic nitrogens is 2. The van der Waals surface area contributed by atoms with Gasteiger partial charge in [-0.2, -0.15) is 0 Å². The summed E-state index contributed by atoms with van der Waals surface area (Å²) in [6, 6.07) is 3.06. The van der Waals surface area contributed by atoms with E-state index < -0.39 is 58.2 Å². The molecular weight excluding hydrogens is 472 g/mol. The van der Waals surface area contributed by atoms with Crippen LogP contribution in [0.3, 0.4) is 0 Å². The summed E-state index contributed by atoms with van der Waals surface area (Å²) >= 11 is 0. The van der Waals surface area contributed by atoms with E-state index in [9.17, 15) is 39.7 Å². The molecule has 2 N–H and O–H groups in total. The molecule has 15 heteroatoms. The van der Waals surface area contributed by atoms with Gasteiger partial charge >= 0.3 is 11.8 Å². The van der Waals surface area contributed by atoms with Crippen LogP contribution in [0.25, 0.3) is 0 Å². The minimum Gasteiger partial charge on any atom is -0.434 e. The van der Waals surface area contributed by atoms with Gasteiger partial charge in [0.1, 0.15) is 25.5 Å². The van der Waals surface area contributed by atoms with Crippen LogP contribution < -0.4 is 11.2 Å². The van der Waals surface area contributed by atoms with E-state index in [-0.39, 0.29) is 35.5 Å². The number of non-ortho nitro benzene ring substituents is 1. The highest BCUT2D eigenvalue weighted by molar-refractivity contribution is 5.60. The second-order valence-electron chi connectivity index (χ2n) is 7.94. The predicted molar refractivity (Wildman–Crippen MR) is 116 cm³/mol. The summed E-state index contributed by atoms with van der Waals surface area (Å²) in [6.07, 6.45) is -2.82. The Labute approximate surface area is 196 Å². The lowest BCUT2D eigenvalue weighted by Crippen LogP contribution is -2.33. The number of nitrogens with zero attached hydrogens (tertiary/aromatic N) is 3. The number of aromatic amines is 1. The number of hydrogen-bond acceptors (Lipinski definition) is 11. The van der Waals surface area contributed by atoms with Crippen molar-refractivity contribution in [3.05, 3.63) is 76.6 Å². The zero-order chi connectivity index (χ0) is 25.9. The number of rotatable bonds is 8. The highest BCUT2D eigenvalue weighted by Crippen LogP contribution is 2.31. The summed E-state index contributed by atoms with van der Waals surface area (Å²) < 4.78 is 16.6. The first-order chi connectivity index (χ1) is 16.5. The number of benzene rings is 1. The second-order valence-corrected chi connectivity index (χ2v) is 7.94. The van der Waals surface area contributed by atoms with Gasteiger partial charge in [-0.15, -0.1) is 0 Å². The number of aliphatic hydroxyl groups is 1. The fourth-order valence-corrected chi connectivity index (χ4v) is 3.53. The van der Waals surface area contributed by atoms with Crippen molar-refractivity contribution in [3.8, 4) is 0 Å². The van der Waals surface area contributed by atoms with E-state index >= 15 is 0 Å². The maximum atomic E-state index is 12.0. The number of aliphatic hydroxyl groups excluding tert-OH is 1. The maximum absolute atomic E-state index is 12.0. The van der Waals surface area contributed by atoms with Crippen molar-refractivity contribution in [3.63, 3.8) is 0 Å². The third-order valence-electron chi connectivity index (χ3n) is 5.43. The van der Waals surface area contributed by atoms with Crippen LogP contribution in [-0.2, 0) is 14.2 Å². The van der Waals surface area contributed by atoms with Crippen molar-refractivity contribution in [2.45, 2.75) is 44.6 Å². The van der Waals surface area contributed by atoms with E-state index in [1.807, 2.05) is 0 Å². The van der Waals surface area contributed by atoms with Crippen molar-refractivity contribution in [2.75, 3.05) is 13.2 Å². The van der Waals surface area contributed by atoms with Crippen molar-refractivity contribution < 1.29 is 34.0 Å². The molecule has 0 saturated carbocycles. The molecule has 1 aromatic heterocycles. The summed E-state index contributed by atoms with van der Waals surface area (Å²) in [5.74, 6) is -0.768. The first-order valence-electron chi connectivity index (χ1n) is 10.4. The lowest BCUT2D eigenvalue weighted by molar-refractivity contribution is -0.389. The van der Waals surface area contributed by atoms with Crippen LogP contribution >= 0.6 is 0 Å². The molecule has 4 atom stereocenters. The average Bonchev–Trinajstić information content (AvgIpc) is 3.17. The Hall–Kier alpha value is -4.11. The zero-order valence-corrected chi connectivity index (χ0v) is 18.6. The number of carbonyl (C=O) groups excluding carboxylic acids is 1. The highest BCUT2D eigenvalue weighted by Gasteiger charge is 2.36. The van der Waals surface area contributed by atoms with Crippen LogP contribution in [0.2, 0.25) is 0 Å². The Morgan fingerprint density at radius 3 is 2.66 bits per heavy atom. The summed E-state index contributed by atoms with van der Waals surface area (Å²) in [5.41, 5.74) is -1.69. The molecule has 15 nitrogen and oxygen atoms in total. The standard InChI is InChI=1S/C20H22N4O11/c1-10-7-22(19(27)21-18(10)26)17-6-15(25)16(35-17)9-34-20(28)33-8-11(2)13-5-12(23(29)30)3-4-14(13)24(31)32/h3-5,7,11,15-17,25H,6,8-9H2,1-2H3,(H,21,26,27)/t11?,15?,16-,17-/m1/s1. The third-order valence-corrected chi connectivity index (χ3v) is 5.43. The SMILES string of the molecule is Cc1cn([C@H]2CC(O)[C@@H](COC(=O)OCC(C)c3cc([N+](=O)[O-])ccc3[N+](=O)[O-])O2)c(=O)[nH]c1=O. The average molecular weight is 494 g/mol. The lowest BCUT2D eigenvalue weighted by Gasteiger charge is -2.17. The largest absolute Gasteiger partial charge is 0.508 e. The molecule has 1 fully saturated rings. The van der Waals surface area contributed by atoms with Gasteiger partial charge in [0, 0.05) is 47.9 Å². The van der Waals surface area contributed by atoms with Crippen LogP contribution in [0.15, 0.2) is 34.0 Å². The van der Waals surface area contributed by atoms with Gasteiger partial charge < -0.3 is 19.3 Å². The smallest absolute Gasteiger partial charge is 0.434 e. The zero-order valence-electron chi connectivity index (χ0n) is 18.6. The summed E-state index contributed by atoms with van der Waals surface area (Å²) in [6.45, 7) is 2.19. The Morgan fingerprint density at radius 1 is 1.29 bits per heavy atom. The molecule has 2 heterocycles. The Morgan fingerprint density at radius 2 is 2.00 bits per heavy atom. The van der Waals surface area contributed by atoms with Crippen molar-refractivity contribution in [2.24, 2.45) is 0 Å². The van der Waals surface area contributed by atoms with E-state index in [4.69, 9.17) is 14.2 Å². The number of aryl methyl sites for hydroxylation is 1. The molecule has 3 rings (SSSR count). The number of nitrogens with one attached hydrogen (secondary N) is 1. The molecule has 35 heavy (non-hydrogen) atoms. The lowest BCUT2D eigenvalue weighted by atomic mass is 9.99. The third kappa shape index (κ3) is 5.88. The van der Waals surface area contributed by atoms with Gasteiger partial charge in [-0.1, -0.05) is 6.92 Å². The molecule has 0 radical (unpaired) electrons. The van der Waals surface area contributed by atoms with Gasteiger partial charge in [0.25, 0.3) is 16.9 Å². The Kier molecular flexibility index (Phi) is 7.61. The van der Waals surface area contributed by atoms with Crippen LogP contribution in [0, 0.1) is 27.2 Å². The van der Waals surface area contributed by atoms with Gasteiger partial charge in [-0.25, -0.2) is 9.59 Å². The second kappa shape index (κ2) is 10.4. The molecule has 2 unspecified atom stereocenters. The first kappa shape index (κ1) is 25.5. The molecule has 0 aliphatic carbocycles. The van der Waals surface area contributed by atoms with Gasteiger partial charge in [0.15, 0.2) is 0 Å². The summed E-state index contributed by atoms with van der Waals surface area (Å²) in [7, 11) is 0. The quantitative estimate of drug-likeness (QED) is 0.303. The molecule has 0 amide bonds. The molecule has 1 saturated heterocycles. The van der Waals surface area contributed by atoms with Crippen LogP contribution in [0.1, 0.15) is 36.6 Å². The molecule has 188 valence electrons. The van der Waals surface area contributed by atoms with Crippen molar-refractivity contribution >= 4 is 17.5 Å². The van der Waals surface area contributed by atoms with E-state index in [2.05, 4.69) is 4.98 Å². The predicted octanol–water partition coefficient (Wildman–Crippen LogP) is 1.27. The first-order valence-corrected chi connectivity index (χ1v) is 10.4. The van der Waals surface area contributed by atoms with Crippen LogP contribution in [0.4, 0.5) is 16.2 Å². The number of nitro groups is 2. The molecule has 1 aliphatic heterocycles. The number of nitro benzene ring substituents is 2. The number of ether oxygens (including phenoxy) is 3. The van der Waals surface area contributed by atoms with Crippen molar-refractivity contribution in [1.29, 1.82) is 0 Å². The molecule has 1 aliphatic rings. The van der Waals surface area contributed by atoms with Crippen LogP contribution in [0.5, 0.6) is 0 Å². The summed E-state index contributed by atoms with van der Waals surface area (Å²) in [5, 5.41) is 32.4.